The van der Waals surface area contributed by atoms with Crippen molar-refractivity contribution < 1.29 is 8.42 Å². The summed E-state index contributed by atoms with van der Waals surface area (Å²) in [4.78, 5) is 6.20. The lowest BCUT2D eigenvalue weighted by Gasteiger charge is -2.33. The zero-order chi connectivity index (χ0) is 13.9. The molecule has 2 heterocycles. The van der Waals surface area contributed by atoms with Crippen molar-refractivity contribution in [3.8, 4) is 0 Å². The highest BCUT2D eigenvalue weighted by atomic mass is 32.2. The van der Waals surface area contributed by atoms with Crippen LogP contribution in [0.4, 0.5) is 0 Å². The molecule has 0 aromatic carbocycles. The molecule has 1 aliphatic heterocycles. The molecule has 2 rings (SSSR count). The van der Waals surface area contributed by atoms with Crippen LogP contribution in [-0.2, 0) is 9.84 Å². The molecule has 0 aliphatic carbocycles. The second kappa shape index (κ2) is 5.98. The van der Waals surface area contributed by atoms with E-state index in [0.29, 0.717) is 13.0 Å². The highest BCUT2D eigenvalue weighted by molar-refractivity contribution is 7.91. The molecule has 0 spiro atoms. The van der Waals surface area contributed by atoms with Gasteiger partial charge < -0.3 is 5.73 Å². The van der Waals surface area contributed by atoms with E-state index in [9.17, 15) is 8.42 Å². The van der Waals surface area contributed by atoms with Crippen molar-refractivity contribution in [2.45, 2.75) is 25.4 Å². The van der Waals surface area contributed by atoms with Crippen LogP contribution in [0, 0.1) is 0 Å². The van der Waals surface area contributed by atoms with Gasteiger partial charge in [-0.1, -0.05) is 0 Å². The molecule has 1 saturated heterocycles. The quantitative estimate of drug-likeness (QED) is 0.878. The molecule has 0 amide bonds. The molecule has 2 atom stereocenters. The van der Waals surface area contributed by atoms with E-state index in [1.165, 1.54) is 0 Å². The summed E-state index contributed by atoms with van der Waals surface area (Å²) in [5.74, 6) is 0.507. The molecule has 1 aliphatic rings. The zero-order valence-corrected chi connectivity index (χ0v) is 12.0. The van der Waals surface area contributed by atoms with E-state index in [1.54, 1.807) is 12.4 Å². The van der Waals surface area contributed by atoms with Crippen LogP contribution in [0.2, 0.25) is 0 Å². The van der Waals surface area contributed by atoms with Crippen LogP contribution in [0.5, 0.6) is 0 Å². The minimum Gasteiger partial charge on any atom is -0.326 e. The van der Waals surface area contributed by atoms with Gasteiger partial charge >= 0.3 is 0 Å². The van der Waals surface area contributed by atoms with Gasteiger partial charge in [-0.05, 0) is 37.6 Å². The Morgan fingerprint density at radius 2 is 1.95 bits per heavy atom. The topological polar surface area (TPSA) is 76.3 Å². The summed E-state index contributed by atoms with van der Waals surface area (Å²) in [5.41, 5.74) is 7.21. The van der Waals surface area contributed by atoms with Crippen LogP contribution >= 0.6 is 0 Å². The van der Waals surface area contributed by atoms with Gasteiger partial charge in [0.25, 0.3) is 0 Å². The monoisotopic (exact) mass is 283 g/mol. The average Bonchev–Trinajstić information content (AvgIpc) is 2.52. The lowest BCUT2D eigenvalue weighted by Crippen LogP contribution is -2.41. The lowest BCUT2D eigenvalue weighted by atomic mass is 10.00. The average molecular weight is 283 g/mol. The van der Waals surface area contributed by atoms with E-state index in [4.69, 9.17) is 5.73 Å². The second-order valence-corrected chi connectivity index (χ2v) is 7.43. The Hall–Kier alpha value is -0.980. The number of sulfone groups is 1. The normalized spacial score (nSPS) is 23.5. The van der Waals surface area contributed by atoms with Gasteiger partial charge in [-0.3, -0.25) is 9.88 Å². The van der Waals surface area contributed by atoms with Crippen molar-refractivity contribution in [3.05, 3.63) is 30.1 Å². The van der Waals surface area contributed by atoms with Crippen LogP contribution in [0.3, 0.4) is 0 Å². The van der Waals surface area contributed by atoms with Gasteiger partial charge in [0.2, 0.25) is 0 Å². The van der Waals surface area contributed by atoms with Crippen LogP contribution in [-0.4, -0.2) is 48.9 Å². The molecule has 0 saturated carbocycles. The minimum absolute atomic E-state index is 0.0521. The largest absolute Gasteiger partial charge is 0.326 e. The summed E-state index contributed by atoms with van der Waals surface area (Å²) >= 11 is 0. The van der Waals surface area contributed by atoms with Crippen molar-refractivity contribution >= 4 is 9.84 Å². The number of rotatable bonds is 3. The summed E-state index contributed by atoms with van der Waals surface area (Å²) in [7, 11) is -2.89. The first kappa shape index (κ1) is 14.4. The van der Waals surface area contributed by atoms with Gasteiger partial charge in [0.05, 0.1) is 11.5 Å². The van der Waals surface area contributed by atoms with Crippen molar-refractivity contribution in [1.29, 1.82) is 0 Å². The highest BCUT2D eigenvalue weighted by Gasteiger charge is 2.27. The van der Waals surface area contributed by atoms with Gasteiger partial charge in [0.15, 0.2) is 9.84 Å². The van der Waals surface area contributed by atoms with Crippen molar-refractivity contribution in [2.24, 2.45) is 5.73 Å². The van der Waals surface area contributed by atoms with Crippen LogP contribution in [0.1, 0.15) is 24.9 Å². The number of nitrogens with zero attached hydrogens (tertiary/aromatic N) is 2. The maximum atomic E-state index is 11.7. The number of hydrogen-bond acceptors (Lipinski definition) is 5. The predicted molar refractivity (Wildman–Crippen MR) is 75.5 cm³/mol. The first-order valence-corrected chi connectivity index (χ1v) is 8.42. The molecule has 2 unspecified atom stereocenters. The summed E-state index contributed by atoms with van der Waals surface area (Å²) < 4.78 is 23.4. The minimum atomic E-state index is -2.89. The molecule has 0 radical (unpaired) electrons. The Morgan fingerprint density at radius 1 is 1.26 bits per heavy atom. The fourth-order valence-electron chi connectivity index (χ4n) is 2.64. The highest BCUT2D eigenvalue weighted by Crippen LogP contribution is 2.24. The number of hydrogen-bond donors (Lipinski definition) is 1. The molecular formula is C13H21N3O2S. The maximum Gasteiger partial charge on any atom is 0.151 e. The third-order valence-corrected chi connectivity index (χ3v) is 5.24. The number of nitrogens with two attached hydrogens (primary N) is 1. The van der Waals surface area contributed by atoms with Gasteiger partial charge in [-0.2, -0.15) is 0 Å². The number of pyridine rings is 1. The van der Waals surface area contributed by atoms with Crippen LogP contribution in [0.15, 0.2) is 24.5 Å². The van der Waals surface area contributed by atoms with Crippen molar-refractivity contribution in [2.75, 3.05) is 24.6 Å². The fraction of sp³-hybridized carbons (Fsp3) is 0.615. The SMILES string of the molecule is CC(N)C(c1ccncc1)N1CCCS(=O)(=O)CC1. The first-order chi connectivity index (χ1) is 8.99. The standard InChI is InChI=1S/C13H21N3O2S/c1-11(14)13(12-3-5-15-6-4-12)16-7-2-9-19(17,18)10-8-16/h3-6,11,13H,2,7-10,14H2,1H3. The lowest BCUT2D eigenvalue weighted by molar-refractivity contribution is 0.190. The summed E-state index contributed by atoms with van der Waals surface area (Å²) in [6.07, 6.45) is 4.18. The summed E-state index contributed by atoms with van der Waals surface area (Å²) in [6.45, 7) is 3.29. The van der Waals surface area contributed by atoms with E-state index in [0.717, 1.165) is 12.1 Å². The molecule has 0 bridgehead atoms. The molecule has 6 heteroatoms. The molecule has 2 N–H and O–H groups in total. The molecule has 19 heavy (non-hydrogen) atoms. The molecule has 1 aromatic rings. The van der Waals surface area contributed by atoms with Gasteiger partial charge in [-0.25, -0.2) is 8.42 Å². The van der Waals surface area contributed by atoms with Crippen LogP contribution in [0.25, 0.3) is 0 Å². The van der Waals surface area contributed by atoms with Crippen molar-refractivity contribution in [1.82, 2.24) is 9.88 Å². The Balaban J connectivity index is 2.21. The first-order valence-electron chi connectivity index (χ1n) is 6.59. The van der Waals surface area contributed by atoms with E-state index < -0.39 is 9.84 Å². The maximum absolute atomic E-state index is 11.7. The van der Waals surface area contributed by atoms with Gasteiger partial charge in [0, 0.05) is 31.0 Å². The fourth-order valence-corrected chi connectivity index (χ4v) is 3.93. The Bertz CT molecular complexity index is 502. The van der Waals surface area contributed by atoms with E-state index in [-0.39, 0.29) is 23.6 Å². The van der Waals surface area contributed by atoms with Gasteiger partial charge in [0.1, 0.15) is 0 Å². The molecule has 1 aromatic heterocycles. The van der Waals surface area contributed by atoms with E-state index >= 15 is 0 Å². The Kier molecular flexibility index (Phi) is 4.54. The third-order valence-electron chi connectivity index (χ3n) is 3.53. The predicted octanol–water partition coefficient (Wildman–Crippen LogP) is 0.590. The number of aromatic nitrogens is 1. The molecule has 1 fully saturated rings. The van der Waals surface area contributed by atoms with E-state index in [2.05, 4.69) is 9.88 Å². The summed E-state index contributed by atoms with van der Waals surface area (Å²) in [5, 5.41) is 0. The van der Waals surface area contributed by atoms with E-state index in [1.807, 2.05) is 19.1 Å². The summed E-state index contributed by atoms with van der Waals surface area (Å²) in [6, 6.07) is 3.90. The molecule has 5 nitrogen and oxygen atoms in total. The molecular weight excluding hydrogens is 262 g/mol. The smallest absolute Gasteiger partial charge is 0.151 e. The Morgan fingerprint density at radius 3 is 2.58 bits per heavy atom. The third kappa shape index (κ3) is 3.75. The van der Waals surface area contributed by atoms with Crippen molar-refractivity contribution in [3.63, 3.8) is 0 Å². The van der Waals surface area contributed by atoms with Crippen LogP contribution < -0.4 is 5.73 Å². The molecule has 106 valence electrons. The Labute approximate surface area is 114 Å². The second-order valence-electron chi connectivity index (χ2n) is 5.13. The van der Waals surface area contributed by atoms with Gasteiger partial charge in [-0.15, -0.1) is 0 Å². The zero-order valence-electron chi connectivity index (χ0n) is 11.2.